The van der Waals surface area contributed by atoms with Gasteiger partial charge in [0.2, 0.25) is 11.8 Å². The topological polar surface area (TPSA) is 153 Å². The van der Waals surface area contributed by atoms with Crippen molar-refractivity contribution in [1.82, 2.24) is 10.6 Å². The zero-order valence-corrected chi connectivity index (χ0v) is 22.6. The minimum Gasteiger partial charge on any atom is -0.481 e. The van der Waals surface area contributed by atoms with Crippen LogP contribution in [0.2, 0.25) is 0 Å². The van der Waals surface area contributed by atoms with Crippen LogP contribution in [0, 0.1) is 0 Å². The van der Waals surface area contributed by atoms with Crippen molar-refractivity contribution >= 4 is 35.5 Å². The minimum absolute atomic E-state index is 0.0674. The molecule has 0 aliphatic carbocycles. The normalized spacial score (nSPS) is 14.4. The van der Waals surface area contributed by atoms with Gasteiger partial charge in [-0.25, -0.2) is 0 Å². The quantitative estimate of drug-likeness (QED) is 0.0844. The van der Waals surface area contributed by atoms with Gasteiger partial charge < -0.3 is 26.0 Å². The molecule has 3 atom stereocenters. The average Bonchev–Trinajstić information content (AvgIpc) is 2.83. The first-order valence-electron chi connectivity index (χ1n) is 12.6. The van der Waals surface area contributed by atoms with Crippen LogP contribution >= 0.6 is 11.8 Å². The molecule has 0 aliphatic rings. The summed E-state index contributed by atoms with van der Waals surface area (Å²) in [6.07, 6.45) is 20.7. The number of unbranched alkanes of at least 4 members (excludes halogenated alkanes) is 3. The fourth-order valence-electron chi connectivity index (χ4n) is 3.11. The van der Waals surface area contributed by atoms with Crippen molar-refractivity contribution in [3.63, 3.8) is 0 Å². The Bertz CT molecular complexity index is 809. The van der Waals surface area contributed by atoms with Crippen LogP contribution in [0.4, 0.5) is 0 Å². The number of carbonyl (C=O) groups is 4. The maximum absolute atomic E-state index is 12.3. The first-order chi connectivity index (χ1) is 17.7. The van der Waals surface area contributed by atoms with Crippen LogP contribution in [0.25, 0.3) is 0 Å². The monoisotopic (exact) mass is 538 g/mol. The number of aliphatic hydroxyl groups excluding tert-OH is 1. The molecule has 0 aliphatic heterocycles. The summed E-state index contributed by atoms with van der Waals surface area (Å²) in [5.74, 6) is -3.16. The molecule has 208 valence electrons. The second kappa shape index (κ2) is 22.4. The van der Waals surface area contributed by atoms with Crippen LogP contribution in [0.15, 0.2) is 48.6 Å². The number of aliphatic hydroxyl groups is 1. The fraction of sp³-hybridized carbons (Fsp3) is 0.556. The van der Waals surface area contributed by atoms with Gasteiger partial charge in [-0.1, -0.05) is 68.4 Å². The standard InChI is InChI=1S/C27H42N2O7S/c1-3-4-5-6-7-8-9-10-11-12-13-14-17-24(23(31)16-15-18-25(32)33)37-20-22(29-21(2)30)27(36)28-19-26(34)35/h7-8,10-14,17,22-24,31H,3-6,9,15-16,18-20H2,1-2H3,(H,28,36)(H,29,30)(H,32,33)(H,34,35)/b8-7-,11-10-,13-12+,17-14+/t22-,23-,24+/m0/s1. The van der Waals surface area contributed by atoms with Gasteiger partial charge >= 0.3 is 11.9 Å². The van der Waals surface area contributed by atoms with Crippen LogP contribution in [0.3, 0.4) is 0 Å². The van der Waals surface area contributed by atoms with E-state index in [4.69, 9.17) is 10.2 Å². The highest BCUT2D eigenvalue weighted by molar-refractivity contribution is 8.00. The van der Waals surface area contributed by atoms with Gasteiger partial charge in [0, 0.05) is 24.3 Å². The summed E-state index contributed by atoms with van der Waals surface area (Å²) in [7, 11) is 0. The summed E-state index contributed by atoms with van der Waals surface area (Å²) in [6.45, 7) is 2.86. The Kier molecular flexibility index (Phi) is 20.6. The lowest BCUT2D eigenvalue weighted by atomic mass is 10.1. The third kappa shape index (κ3) is 21.0. The number of carboxylic acids is 2. The number of carbonyl (C=O) groups excluding carboxylic acids is 2. The number of nitrogens with one attached hydrogen (secondary N) is 2. The number of amides is 2. The summed E-state index contributed by atoms with van der Waals surface area (Å²) in [5.41, 5.74) is 0. The SMILES string of the molecule is CCCCC/C=C\C\C=C/C=C/C=C/[C@@H](SC[C@H](NC(C)=O)C(=O)NCC(=O)O)[C@@H](O)CCCC(=O)O. The fourth-order valence-corrected chi connectivity index (χ4v) is 4.32. The number of rotatable bonds is 21. The lowest BCUT2D eigenvalue weighted by Crippen LogP contribution is -2.49. The van der Waals surface area contributed by atoms with E-state index in [0.717, 1.165) is 12.8 Å². The molecule has 10 heteroatoms. The predicted molar refractivity (Wildman–Crippen MR) is 147 cm³/mol. The molecule has 0 fully saturated rings. The second-order valence-corrected chi connectivity index (χ2v) is 9.63. The van der Waals surface area contributed by atoms with E-state index in [-0.39, 0.29) is 18.6 Å². The van der Waals surface area contributed by atoms with Crippen molar-refractivity contribution < 1.29 is 34.5 Å². The maximum Gasteiger partial charge on any atom is 0.322 e. The van der Waals surface area contributed by atoms with Gasteiger partial charge in [0.1, 0.15) is 12.6 Å². The Morgan fingerprint density at radius 2 is 1.65 bits per heavy atom. The molecule has 2 amide bonds. The molecule has 0 rings (SSSR count). The van der Waals surface area contributed by atoms with E-state index in [9.17, 15) is 24.3 Å². The van der Waals surface area contributed by atoms with Crippen molar-refractivity contribution in [2.75, 3.05) is 12.3 Å². The van der Waals surface area contributed by atoms with E-state index in [1.54, 1.807) is 12.2 Å². The van der Waals surface area contributed by atoms with Gasteiger partial charge in [0.05, 0.1) is 6.10 Å². The number of hydrogen-bond acceptors (Lipinski definition) is 6. The molecule has 0 aromatic rings. The first-order valence-corrected chi connectivity index (χ1v) is 13.6. The first kappa shape index (κ1) is 34.1. The summed E-state index contributed by atoms with van der Waals surface area (Å²) >= 11 is 1.22. The lowest BCUT2D eigenvalue weighted by Gasteiger charge is -2.23. The van der Waals surface area contributed by atoms with Crippen LogP contribution in [-0.4, -0.2) is 68.8 Å². The Labute approximate surface area is 224 Å². The van der Waals surface area contributed by atoms with Crippen molar-refractivity contribution in [3.8, 4) is 0 Å². The maximum atomic E-state index is 12.3. The number of carboxylic acid groups (broad SMARTS) is 2. The van der Waals surface area contributed by atoms with Gasteiger partial charge in [-0.3, -0.25) is 19.2 Å². The number of allylic oxidation sites excluding steroid dienone is 7. The highest BCUT2D eigenvalue weighted by Crippen LogP contribution is 2.21. The van der Waals surface area contributed by atoms with E-state index >= 15 is 0 Å². The summed E-state index contributed by atoms with van der Waals surface area (Å²) in [4.78, 5) is 45.4. The summed E-state index contributed by atoms with van der Waals surface area (Å²) in [5, 5.41) is 32.5. The summed E-state index contributed by atoms with van der Waals surface area (Å²) < 4.78 is 0. The van der Waals surface area contributed by atoms with Gasteiger partial charge in [0.15, 0.2) is 0 Å². The molecule has 0 spiro atoms. The molecule has 0 bridgehead atoms. The number of thioether (sulfide) groups is 1. The lowest BCUT2D eigenvalue weighted by molar-refractivity contribution is -0.138. The van der Waals surface area contributed by atoms with Crippen LogP contribution in [0.1, 0.15) is 65.2 Å². The predicted octanol–water partition coefficient (Wildman–Crippen LogP) is 3.60. The Hall–Kier alpha value is -2.85. The molecular weight excluding hydrogens is 496 g/mol. The zero-order valence-electron chi connectivity index (χ0n) is 21.8. The Balaban J connectivity index is 5.05. The third-order valence-electron chi connectivity index (χ3n) is 5.02. The van der Waals surface area contributed by atoms with E-state index in [0.29, 0.717) is 6.42 Å². The number of hydrogen-bond donors (Lipinski definition) is 5. The van der Waals surface area contributed by atoms with Crippen molar-refractivity contribution in [2.45, 2.75) is 82.6 Å². The van der Waals surface area contributed by atoms with Crippen LogP contribution in [-0.2, 0) is 19.2 Å². The molecule has 0 aromatic carbocycles. The van der Waals surface area contributed by atoms with E-state index < -0.39 is 47.7 Å². The smallest absolute Gasteiger partial charge is 0.322 e. The zero-order chi connectivity index (χ0) is 27.9. The van der Waals surface area contributed by atoms with E-state index in [1.807, 2.05) is 24.3 Å². The van der Waals surface area contributed by atoms with Crippen LogP contribution in [0.5, 0.6) is 0 Å². The molecule has 0 unspecified atom stereocenters. The molecule has 0 heterocycles. The van der Waals surface area contributed by atoms with Crippen molar-refractivity contribution in [2.24, 2.45) is 0 Å². The van der Waals surface area contributed by atoms with Gasteiger partial charge in [0.25, 0.3) is 0 Å². The second-order valence-electron chi connectivity index (χ2n) is 8.42. The molecule has 0 saturated carbocycles. The molecule has 37 heavy (non-hydrogen) atoms. The molecule has 5 N–H and O–H groups in total. The largest absolute Gasteiger partial charge is 0.481 e. The molecule has 0 saturated heterocycles. The van der Waals surface area contributed by atoms with E-state index in [2.05, 4.69) is 29.7 Å². The van der Waals surface area contributed by atoms with Gasteiger partial charge in [-0.2, -0.15) is 0 Å². The molecular formula is C27H42N2O7S. The summed E-state index contributed by atoms with van der Waals surface area (Å²) in [6, 6.07) is -0.988. The third-order valence-corrected chi connectivity index (χ3v) is 6.40. The highest BCUT2D eigenvalue weighted by atomic mass is 32.2. The minimum atomic E-state index is -1.21. The Morgan fingerprint density at radius 3 is 2.30 bits per heavy atom. The average molecular weight is 539 g/mol. The Morgan fingerprint density at radius 1 is 0.919 bits per heavy atom. The van der Waals surface area contributed by atoms with Gasteiger partial charge in [-0.05, 0) is 32.1 Å². The van der Waals surface area contributed by atoms with Gasteiger partial charge in [-0.15, -0.1) is 11.8 Å². The van der Waals surface area contributed by atoms with Crippen LogP contribution < -0.4 is 10.6 Å². The number of aliphatic carboxylic acids is 2. The van der Waals surface area contributed by atoms with Crippen molar-refractivity contribution in [3.05, 3.63) is 48.6 Å². The molecule has 9 nitrogen and oxygen atoms in total. The molecule has 0 radical (unpaired) electrons. The molecule has 0 aromatic heterocycles. The van der Waals surface area contributed by atoms with E-state index in [1.165, 1.54) is 37.9 Å². The van der Waals surface area contributed by atoms with Crippen molar-refractivity contribution in [1.29, 1.82) is 0 Å². The highest BCUT2D eigenvalue weighted by Gasteiger charge is 2.24.